The lowest BCUT2D eigenvalue weighted by molar-refractivity contribution is 0.458. The minimum absolute atomic E-state index is 0.147. The molecule has 2 heterocycles. The summed E-state index contributed by atoms with van der Waals surface area (Å²) in [5.74, 6) is 0.459. The Labute approximate surface area is 123 Å². The number of H-pyrrole nitrogens is 1. The molecule has 0 radical (unpaired) electrons. The Morgan fingerprint density at radius 2 is 2.24 bits per heavy atom. The van der Waals surface area contributed by atoms with Crippen molar-refractivity contribution in [3.63, 3.8) is 0 Å². The molecule has 0 spiro atoms. The number of fused-ring (bicyclic) bond motifs is 3. The van der Waals surface area contributed by atoms with Gasteiger partial charge in [-0.3, -0.25) is 4.99 Å². The van der Waals surface area contributed by atoms with Gasteiger partial charge in [0.25, 0.3) is 0 Å². The molecule has 0 unspecified atom stereocenters. The molecule has 0 saturated heterocycles. The number of hydrogen-bond donors (Lipinski definition) is 5. The van der Waals surface area contributed by atoms with Crippen LogP contribution in [-0.4, -0.2) is 29.1 Å². The molecule has 3 rings (SSSR count). The highest BCUT2D eigenvalue weighted by molar-refractivity contribution is 5.86. The van der Waals surface area contributed by atoms with Gasteiger partial charge in [0.05, 0.1) is 0 Å². The van der Waals surface area contributed by atoms with Gasteiger partial charge < -0.3 is 26.9 Å². The number of nitrogens with zero attached hydrogens (tertiary/aromatic N) is 1. The van der Waals surface area contributed by atoms with Crippen LogP contribution in [0.15, 0.2) is 23.2 Å². The maximum Gasteiger partial charge on any atom is 0.185 e. The molecule has 6 heteroatoms. The van der Waals surface area contributed by atoms with Crippen LogP contribution in [0.1, 0.15) is 30.1 Å². The van der Waals surface area contributed by atoms with E-state index in [-0.39, 0.29) is 12.0 Å². The first-order valence-corrected chi connectivity index (χ1v) is 7.27. The second-order valence-corrected chi connectivity index (χ2v) is 5.45. The van der Waals surface area contributed by atoms with Crippen molar-refractivity contribution in [1.29, 1.82) is 0 Å². The van der Waals surface area contributed by atoms with E-state index in [1.54, 1.807) is 6.07 Å². The average Bonchev–Trinajstić information content (AvgIpc) is 2.82. The Bertz CT molecular complexity index is 672. The summed E-state index contributed by atoms with van der Waals surface area (Å²) >= 11 is 0. The number of aromatic hydroxyl groups is 1. The van der Waals surface area contributed by atoms with Gasteiger partial charge in [-0.2, -0.15) is 0 Å². The van der Waals surface area contributed by atoms with Crippen molar-refractivity contribution in [3.05, 3.63) is 29.5 Å². The monoisotopic (exact) mass is 287 g/mol. The summed E-state index contributed by atoms with van der Waals surface area (Å²) in [6.07, 6.45) is 2.88. The fourth-order valence-corrected chi connectivity index (χ4v) is 3.05. The molecule has 1 aromatic heterocycles. The van der Waals surface area contributed by atoms with Crippen LogP contribution in [0.5, 0.6) is 5.75 Å². The Morgan fingerprint density at radius 3 is 3.05 bits per heavy atom. The molecule has 2 aromatic rings. The number of phenolic OH excluding ortho intramolecular Hbond substituents is 1. The van der Waals surface area contributed by atoms with Gasteiger partial charge in [-0.05, 0) is 49.6 Å². The van der Waals surface area contributed by atoms with Crippen molar-refractivity contribution in [2.75, 3.05) is 13.1 Å². The van der Waals surface area contributed by atoms with E-state index in [1.165, 1.54) is 11.3 Å². The average molecular weight is 287 g/mol. The smallest absolute Gasteiger partial charge is 0.185 e. The molecule has 0 aliphatic carbocycles. The lowest BCUT2D eigenvalue weighted by atomic mass is 9.96. The molecule has 0 saturated carbocycles. The molecule has 112 valence electrons. The van der Waals surface area contributed by atoms with E-state index in [0.29, 0.717) is 12.3 Å². The molecule has 1 atom stereocenters. The first kappa shape index (κ1) is 13.8. The van der Waals surface area contributed by atoms with E-state index in [2.05, 4.69) is 15.3 Å². The highest BCUT2D eigenvalue weighted by Crippen LogP contribution is 2.33. The van der Waals surface area contributed by atoms with Crippen LogP contribution >= 0.6 is 0 Å². The predicted molar refractivity (Wildman–Crippen MR) is 84.3 cm³/mol. The normalized spacial score (nSPS) is 17.6. The zero-order valence-electron chi connectivity index (χ0n) is 11.9. The van der Waals surface area contributed by atoms with Crippen LogP contribution in [0.3, 0.4) is 0 Å². The number of aromatic nitrogens is 1. The van der Waals surface area contributed by atoms with Crippen molar-refractivity contribution in [2.24, 2.45) is 16.5 Å². The lowest BCUT2D eigenvalue weighted by Crippen LogP contribution is -2.30. The van der Waals surface area contributed by atoms with E-state index in [1.807, 2.05) is 12.1 Å². The third kappa shape index (κ3) is 2.80. The first-order valence-electron chi connectivity index (χ1n) is 7.27. The SMILES string of the molecule is NC(N)=NCCC[C@H]1NCCc2c1[nH]c1ccc(O)cc21. The number of nitrogens with two attached hydrogens (primary N) is 2. The highest BCUT2D eigenvalue weighted by Gasteiger charge is 2.23. The standard InChI is InChI=1S/C15H21N5O/c16-15(17)19-6-1-2-13-14-10(5-7-18-13)11-8-9(21)3-4-12(11)20-14/h3-4,8,13,18,20-21H,1-2,5-7H2,(H4,16,17,19)/t13-/m1/s1. The second-order valence-electron chi connectivity index (χ2n) is 5.45. The van der Waals surface area contributed by atoms with Crippen molar-refractivity contribution >= 4 is 16.9 Å². The fraction of sp³-hybridized carbons (Fsp3) is 0.400. The molecule has 21 heavy (non-hydrogen) atoms. The fourth-order valence-electron chi connectivity index (χ4n) is 3.05. The van der Waals surface area contributed by atoms with Gasteiger partial charge in [-0.15, -0.1) is 0 Å². The van der Waals surface area contributed by atoms with Crippen molar-refractivity contribution in [1.82, 2.24) is 10.3 Å². The second kappa shape index (κ2) is 5.65. The molecule has 1 aliphatic rings. The maximum absolute atomic E-state index is 9.67. The van der Waals surface area contributed by atoms with Gasteiger partial charge in [0, 0.05) is 29.2 Å². The zero-order chi connectivity index (χ0) is 14.8. The van der Waals surface area contributed by atoms with Gasteiger partial charge >= 0.3 is 0 Å². The Morgan fingerprint density at radius 1 is 1.38 bits per heavy atom. The van der Waals surface area contributed by atoms with E-state index < -0.39 is 0 Å². The summed E-state index contributed by atoms with van der Waals surface area (Å²) in [6, 6.07) is 5.77. The van der Waals surface area contributed by atoms with Crippen LogP contribution in [-0.2, 0) is 6.42 Å². The summed E-state index contributed by atoms with van der Waals surface area (Å²) in [6.45, 7) is 1.60. The van der Waals surface area contributed by atoms with E-state index in [0.717, 1.165) is 36.7 Å². The van der Waals surface area contributed by atoms with Gasteiger partial charge in [0.2, 0.25) is 0 Å². The van der Waals surface area contributed by atoms with Crippen LogP contribution < -0.4 is 16.8 Å². The molecule has 0 fully saturated rings. The van der Waals surface area contributed by atoms with Crippen LogP contribution in [0.2, 0.25) is 0 Å². The molecule has 6 nitrogen and oxygen atoms in total. The molecule has 7 N–H and O–H groups in total. The van der Waals surface area contributed by atoms with Crippen LogP contribution in [0, 0.1) is 0 Å². The highest BCUT2D eigenvalue weighted by atomic mass is 16.3. The number of benzene rings is 1. The van der Waals surface area contributed by atoms with Gasteiger partial charge in [-0.25, -0.2) is 0 Å². The Hall–Kier alpha value is -2.21. The number of guanidine groups is 1. The van der Waals surface area contributed by atoms with E-state index in [9.17, 15) is 5.11 Å². The van der Waals surface area contributed by atoms with Crippen LogP contribution in [0.25, 0.3) is 10.9 Å². The predicted octanol–water partition coefficient (Wildman–Crippen LogP) is 1.11. The molecule has 1 aliphatic heterocycles. The van der Waals surface area contributed by atoms with E-state index in [4.69, 9.17) is 11.5 Å². The summed E-state index contributed by atoms with van der Waals surface area (Å²) in [7, 11) is 0. The number of rotatable bonds is 4. The van der Waals surface area contributed by atoms with Gasteiger partial charge in [0.15, 0.2) is 5.96 Å². The quantitative estimate of drug-likeness (QED) is 0.329. The van der Waals surface area contributed by atoms with Gasteiger partial charge in [0.1, 0.15) is 5.75 Å². The Kier molecular flexibility index (Phi) is 3.70. The first-order chi connectivity index (χ1) is 10.1. The number of aromatic amines is 1. The molecular formula is C15H21N5O. The summed E-state index contributed by atoms with van der Waals surface area (Å²) in [5.41, 5.74) is 14.3. The zero-order valence-corrected chi connectivity index (χ0v) is 11.9. The molecule has 0 bridgehead atoms. The third-order valence-electron chi connectivity index (χ3n) is 3.98. The maximum atomic E-state index is 9.67. The number of hydrogen-bond acceptors (Lipinski definition) is 3. The number of phenols is 1. The van der Waals surface area contributed by atoms with Crippen molar-refractivity contribution in [2.45, 2.75) is 25.3 Å². The van der Waals surface area contributed by atoms with Gasteiger partial charge in [-0.1, -0.05) is 0 Å². The van der Waals surface area contributed by atoms with Crippen LogP contribution in [0.4, 0.5) is 0 Å². The minimum atomic E-state index is 0.147. The molecule has 1 aromatic carbocycles. The minimum Gasteiger partial charge on any atom is -0.508 e. The van der Waals surface area contributed by atoms with E-state index >= 15 is 0 Å². The van der Waals surface area contributed by atoms with Crippen molar-refractivity contribution < 1.29 is 5.11 Å². The number of nitrogens with one attached hydrogen (secondary N) is 2. The summed E-state index contributed by atoms with van der Waals surface area (Å²) in [5, 5.41) is 14.3. The molecule has 0 amide bonds. The molecular weight excluding hydrogens is 266 g/mol. The summed E-state index contributed by atoms with van der Waals surface area (Å²) in [4.78, 5) is 7.50. The van der Waals surface area contributed by atoms with Crippen molar-refractivity contribution in [3.8, 4) is 5.75 Å². The largest absolute Gasteiger partial charge is 0.508 e. The Balaban J connectivity index is 1.81. The lowest BCUT2D eigenvalue weighted by Gasteiger charge is -2.24. The third-order valence-corrected chi connectivity index (χ3v) is 3.98. The topological polar surface area (TPSA) is 112 Å². The number of aliphatic imine (C=N–C) groups is 1. The summed E-state index contributed by atoms with van der Waals surface area (Å²) < 4.78 is 0.